The molecule has 0 spiro atoms. The lowest BCUT2D eigenvalue weighted by Gasteiger charge is -2.28. The molecule has 2 heterocycles. The van der Waals surface area contributed by atoms with E-state index < -0.39 is 0 Å². The fraction of sp³-hybridized carbons (Fsp3) is 0.208. The van der Waals surface area contributed by atoms with Gasteiger partial charge in [-0.3, -0.25) is 9.59 Å². The molecule has 1 saturated heterocycles. The number of hydrogen-bond acceptors (Lipinski definition) is 6. The highest BCUT2D eigenvalue weighted by atomic mass is 16.5. The van der Waals surface area contributed by atoms with Crippen LogP contribution in [0.3, 0.4) is 0 Å². The first-order valence-electron chi connectivity index (χ1n) is 10.3. The van der Waals surface area contributed by atoms with Crippen LogP contribution in [0.2, 0.25) is 0 Å². The number of rotatable bonds is 6. The lowest BCUT2D eigenvalue weighted by atomic mass is 10.1. The summed E-state index contributed by atoms with van der Waals surface area (Å²) in [6.07, 6.45) is 1.73. The Morgan fingerprint density at radius 3 is 2.38 bits per heavy atom. The summed E-state index contributed by atoms with van der Waals surface area (Å²) in [6, 6.07) is 17.3. The number of para-hydroxylation sites is 1. The summed E-state index contributed by atoms with van der Waals surface area (Å²) in [6.45, 7) is 3.01. The Balaban J connectivity index is 1.44. The van der Waals surface area contributed by atoms with Gasteiger partial charge in [0.25, 0.3) is 11.8 Å². The monoisotopic (exact) mass is 432 g/mol. The molecule has 3 aromatic rings. The second-order valence-corrected chi connectivity index (χ2v) is 7.18. The Bertz CT molecular complexity index is 1080. The van der Waals surface area contributed by atoms with Crippen molar-refractivity contribution in [2.45, 2.75) is 0 Å². The van der Waals surface area contributed by atoms with Crippen LogP contribution in [0.15, 0.2) is 66.9 Å². The molecule has 1 aromatic heterocycles. The number of carbonyl (C=O) groups excluding carboxylic acids is 2. The molecule has 0 bridgehead atoms. The molecule has 1 fully saturated rings. The minimum Gasteiger partial charge on any atom is -0.497 e. The van der Waals surface area contributed by atoms with E-state index in [4.69, 9.17) is 9.47 Å². The molecule has 0 radical (unpaired) electrons. The van der Waals surface area contributed by atoms with Crippen molar-refractivity contribution in [3.05, 3.63) is 78.0 Å². The number of carbonyl (C=O) groups is 2. The fourth-order valence-electron chi connectivity index (χ4n) is 3.38. The lowest BCUT2D eigenvalue weighted by molar-refractivity contribution is 0.102. The van der Waals surface area contributed by atoms with E-state index in [2.05, 4.69) is 20.5 Å². The van der Waals surface area contributed by atoms with Gasteiger partial charge in [-0.25, -0.2) is 4.98 Å². The van der Waals surface area contributed by atoms with E-state index in [1.165, 1.54) is 0 Å². The topological polar surface area (TPSA) is 92.8 Å². The predicted octanol–water partition coefficient (Wildman–Crippen LogP) is 3.43. The average Bonchev–Trinajstić information content (AvgIpc) is 2.85. The quantitative estimate of drug-likeness (QED) is 0.620. The highest BCUT2D eigenvalue weighted by Gasteiger charge is 2.16. The summed E-state index contributed by atoms with van der Waals surface area (Å²) in [5.74, 6) is 0.417. The number of amides is 2. The summed E-state index contributed by atoms with van der Waals surface area (Å²) < 4.78 is 10.5. The third kappa shape index (κ3) is 5.04. The maximum Gasteiger partial charge on any atom is 0.258 e. The van der Waals surface area contributed by atoms with Crippen molar-refractivity contribution < 1.29 is 19.1 Å². The summed E-state index contributed by atoms with van der Waals surface area (Å²) in [7, 11) is 1.56. The minimum absolute atomic E-state index is 0.319. The van der Waals surface area contributed by atoms with E-state index >= 15 is 0 Å². The van der Waals surface area contributed by atoms with E-state index in [9.17, 15) is 9.59 Å². The van der Waals surface area contributed by atoms with Gasteiger partial charge in [-0.05, 0) is 48.5 Å². The number of anilines is 3. The summed E-state index contributed by atoms with van der Waals surface area (Å²) in [5.41, 5.74) is 2.20. The van der Waals surface area contributed by atoms with Crippen molar-refractivity contribution in [3.63, 3.8) is 0 Å². The number of hydrogen-bond donors (Lipinski definition) is 2. The summed E-state index contributed by atoms with van der Waals surface area (Å²) in [4.78, 5) is 32.0. The summed E-state index contributed by atoms with van der Waals surface area (Å²) >= 11 is 0. The first-order chi connectivity index (χ1) is 15.6. The van der Waals surface area contributed by atoms with E-state index in [1.54, 1.807) is 67.9 Å². The van der Waals surface area contributed by atoms with Crippen molar-refractivity contribution >= 4 is 29.0 Å². The molecule has 164 valence electrons. The van der Waals surface area contributed by atoms with Gasteiger partial charge in [-0.15, -0.1) is 0 Å². The van der Waals surface area contributed by atoms with Crippen LogP contribution in [0.5, 0.6) is 5.75 Å². The van der Waals surface area contributed by atoms with Crippen molar-refractivity contribution in [2.75, 3.05) is 48.9 Å². The molecule has 1 aliphatic rings. The Morgan fingerprint density at radius 2 is 1.69 bits per heavy atom. The molecule has 2 amide bonds. The molecular weight excluding hydrogens is 408 g/mol. The SMILES string of the molecule is COc1ccc(C(=O)Nc2ccccc2C(=O)Nc2ccc(N3CCOCC3)cn2)cc1. The fourth-order valence-corrected chi connectivity index (χ4v) is 3.38. The molecule has 2 aromatic carbocycles. The Morgan fingerprint density at radius 1 is 0.938 bits per heavy atom. The molecule has 0 aliphatic carbocycles. The average molecular weight is 432 g/mol. The second kappa shape index (κ2) is 9.93. The zero-order valence-electron chi connectivity index (χ0n) is 17.7. The molecule has 0 atom stereocenters. The molecule has 0 saturated carbocycles. The van der Waals surface area contributed by atoms with Gasteiger partial charge in [0, 0.05) is 18.7 Å². The van der Waals surface area contributed by atoms with E-state index in [1.807, 2.05) is 6.07 Å². The van der Waals surface area contributed by atoms with Gasteiger partial charge in [-0.2, -0.15) is 0 Å². The largest absolute Gasteiger partial charge is 0.497 e. The molecule has 1 aliphatic heterocycles. The van der Waals surface area contributed by atoms with E-state index in [-0.39, 0.29) is 11.8 Å². The second-order valence-electron chi connectivity index (χ2n) is 7.18. The Kier molecular flexibility index (Phi) is 6.62. The van der Waals surface area contributed by atoms with Crippen LogP contribution in [0.1, 0.15) is 20.7 Å². The first kappa shape index (κ1) is 21.3. The third-order valence-corrected chi connectivity index (χ3v) is 5.14. The molecule has 4 rings (SSSR count). The molecule has 0 unspecified atom stereocenters. The lowest BCUT2D eigenvalue weighted by Crippen LogP contribution is -2.36. The zero-order chi connectivity index (χ0) is 22.3. The van der Waals surface area contributed by atoms with Gasteiger partial charge < -0.3 is 25.0 Å². The number of nitrogens with one attached hydrogen (secondary N) is 2. The Hall–Kier alpha value is -3.91. The van der Waals surface area contributed by atoms with Crippen LogP contribution in [-0.2, 0) is 4.74 Å². The molecule has 2 N–H and O–H groups in total. The molecular formula is C24H24N4O4. The highest BCUT2D eigenvalue weighted by Crippen LogP contribution is 2.20. The number of ether oxygens (including phenoxy) is 2. The van der Waals surface area contributed by atoms with Crippen LogP contribution in [-0.4, -0.2) is 50.2 Å². The number of nitrogens with zero attached hydrogens (tertiary/aromatic N) is 2. The van der Waals surface area contributed by atoms with Crippen molar-refractivity contribution in [3.8, 4) is 5.75 Å². The number of benzene rings is 2. The smallest absolute Gasteiger partial charge is 0.258 e. The number of aromatic nitrogens is 1. The first-order valence-corrected chi connectivity index (χ1v) is 10.3. The van der Waals surface area contributed by atoms with Crippen LogP contribution in [0.25, 0.3) is 0 Å². The summed E-state index contributed by atoms with van der Waals surface area (Å²) in [5, 5.41) is 5.60. The van der Waals surface area contributed by atoms with Gasteiger partial charge >= 0.3 is 0 Å². The maximum atomic E-state index is 12.9. The number of morpholine rings is 1. The number of methoxy groups -OCH3 is 1. The van der Waals surface area contributed by atoms with Crippen LogP contribution < -0.4 is 20.3 Å². The molecule has 32 heavy (non-hydrogen) atoms. The minimum atomic E-state index is -0.359. The van der Waals surface area contributed by atoms with Gasteiger partial charge in [0.05, 0.1) is 43.5 Å². The van der Waals surface area contributed by atoms with Gasteiger partial charge in [-0.1, -0.05) is 12.1 Å². The predicted molar refractivity (Wildman–Crippen MR) is 123 cm³/mol. The van der Waals surface area contributed by atoms with Crippen LogP contribution >= 0.6 is 0 Å². The maximum absolute atomic E-state index is 12.9. The van der Waals surface area contributed by atoms with E-state index in [0.29, 0.717) is 41.6 Å². The van der Waals surface area contributed by atoms with Crippen LogP contribution in [0, 0.1) is 0 Å². The zero-order valence-corrected chi connectivity index (χ0v) is 17.7. The van der Waals surface area contributed by atoms with Gasteiger partial charge in [0.1, 0.15) is 11.6 Å². The van der Waals surface area contributed by atoms with Crippen LogP contribution in [0.4, 0.5) is 17.2 Å². The van der Waals surface area contributed by atoms with Crippen molar-refractivity contribution in [1.82, 2.24) is 4.98 Å². The van der Waals surface area contributed by atoms with Gasteiger partial charge in [0.2, 0.25) is 0 Å². The van der Waals surface area contributed by atoms with E-state index in [0.717, 1.165) is 18.8 Å². The third-order valence-electron chi connectivity index (χ3n) is 5.14. The standard InChI is InChI=1S/C24H24N4O4/c1-31-19-9-6-17(7-10-19)23(29)26-21-5-3-2-4-20(21)24(30)27-22-11-8-18(16-25-22)28-12-14-32-15-13-28/h2-11,16H,12-15H2,1H3,(H,26,29)(H,25,27,30). The molecule has 8 heteroatoms. The molecule has 8 nitrogen and oxygen atoms in total. The highest BCUT2D eigenvalue weighted by molar-refractivity contribution is 6.12. The van der Waals surface area contributed by atoms with Gasteiger partial charge in [0.15, 0.2) is 0 Å². The normalized spacial score (nSPS) is 13.3. The van der Waals surface area contributed by atoms with Crippen molar-refractivity contribution in [2.24, 2.45) is 0 Å². The Labute approximate surface area is 186 Å². The van der Waals surface area contributed by atoms with Crippen molar-refractivity contribution in [1.29, 1.82) is 0 Å². The number of pyridine rings is 1.